The van der Waals surface area contributed by atoms with Gasteiger partial charge in [0.15, 0.2) is 5.82 Å². The van der Waals surface area contributed by atoms with Crippen LogP contribution in [0.5, 0.6) is 0 Å². The molecule has 108 valence electrons. The minimum absolute atomic E-state index is 0.219. The molecule has 0 radical (unpaired) electrons. The maximum Gasteiger partial charge on any atom is 0.247 e. The number of hydrogen-bond acceptors (Lipinski definition) is 6. The first-order valence-electron chi connectivity index (χ1n) is 6.72. The molecule has 2 aromatic heterocycles. The Hall–Kier alpha value is -2.70. The summed E-state index contributed by atoms with van der Waals surface area (Å²) in [6, 6.07) is 9.63. The molecule has 0 saturated heterocycles. The smallest absolute Gasteiger partial charge is 0.247 e. The maximum atomic E-state index is 5.83. The highest BCUT2D eigenvalue weighted by atomic mass is 16.4. The lowest BCUT2D eigenvalue weighted by Gasteiger charge is -2.07. The molecule has 2 N–H and O–H groups in total. The molecule has 0 aliphatic carbocycles. The van der Waals surface area contributed by atoms with Crippen molar-refractivity contribution < 1.29 is 4.42 Å². The van der Waals surface area contributed by atoms with Gasteiger partial charge in [-0.15, -0.1) is 15.3 Å². The zero-order chi connectivity index (χ0) is 14.8. The van der Waals surface area contributed by atoms with E-state index in [1.54, 1.807) is 4.68 Å². The van der Waals surface area contributed by atoms with Gasteiger partial charge in [0.05, 0.1) is 5.69 Å². The third-order valence-electron chi connectivity index (χ3n) is 3.12. The van der Waals surface area contributed by atoms with Gasteiger partial charge in [-0.05, 0) is 18.1 Å². The van der Waals surface area contributed by atoms with E-state index in [1.165, 1.54) is 0 Å². The molecule has 7 nitrogen and oxygen atoms in total. The fraction of sp³-hybridized carbons (Fsp3) is 0.286. The lowest BCUT2D eigenvalue weighted by atomic mass is 10.1. The molecule has 0 aliphatic rings. The number of hydrogen-bond donors (Lipinski definition) is 1. The quantitative estimate of drug-likeness (QED) is 0.788. The van der Waals surface area contributed by atoms with Crippen molar-refractivity contribution in [3.8, 4) is 11.5 Å². The Morgan fingerprint density at radius 1 is 1.14 bits per heavy atom. The lowest BCUT2D eigenvalue weighted by Crippen LogP contribution is -2.09. The highest BCUT2D eigenvalue weighted by Gasteiger charge is 2.16. The van der Waals surface area contributed by atoms with E-state index in [0.717, 1.165) is 11.3 Å². The van der Waals surface area contributed by atoms with Crippen LogP contribution >= 0.6 is 0 Å². The van der Waals surface area contributed by atoms with Crippen LogP contribution in [0.15, 0.2) is 34.7 Å². The van der Waals surface area contributed by atoms with Gasteiger partial charge < -0.3 is 10.2 Å². The van der Waals surface area contributed by atoms with Gasteiger partial charge in [-0.2, -0.15) is 0 Å². The summed E-state index contributed by atoms with van der Waals surface area (Å²) in [5.74, 6) is 1.62. The normalized spacial score (nSPS) is 11.2. The third-order valence-corrected chi connectivity index (χ3v) is 3.12. The van der Waals surface area contributed by atoms with E-state index in [1.807, 2.05) is 44.2 Å². The van der Waals surface area contributed by atoms with Gasteiger partial charge in [-0.25, -0.2) is 4.68 Å². The Morgan fingerprint density at radius 2 is 1.90 bits per heavy atom. The Morgan fingerprint density at radius 3 is 2.62 bits per heavy atom. The van der Waals surface area contributed by atoms with Crippen LogP contribution in [-0.2, 0) is 6.54 Å². The molecule has 0 saturated carbocycles. The van der Waals surface area contributed by atoms with E-state index < -0.39 is 0 Å². The van der Waals surface area contributed by atoms with Gasteiger partial charge in [0.1, 0.15) is 6.54 Å². The number of anilines is 1. The van der Waals surface area contributed by atoms with Gasteiger partial charge in [0.2, 0.25) is 11.8 Å². The van der Waals surface area contributed by atoms with Gasteiger partial charge in [0.25, 0.3) is 0 Å². The minimum atomic E-state index is 0.219. The van der Waals surface area contributed by atoms with Crippen LogP contribution in [0.2, 0.25) is 0 Å². The fourth-order valence-electron chi connectivity index (χ4n) is 2.19. The summed E-state index contributed by atoms with van der Waals surface area (Å²) in [5.41, 5.74) is 7.59. The molecule has 0 aliphatic heterocycles. The zero-order valence-corrected chi connectivity index (χ0v) is 11.9. The molecule has 0 amide bonds. The summed E-state index contributed by atoms with van der Waals surface area (Å²) in [5, 5.41) is 16.0. The standard InChI is InChI=1S/C14H16N6O/c1-9(2)12-13(15)17-19-20(12)8-11-16-18-14(21-11)10-6-4-3-5-7-10/h3-7,9H,8,15H2,1-2H3. The molecule has 0 unspecified atom stereocenters. The van der Waals surface area contributed by atoms with Crippen LogP contribution in [0.1, 0.15) is 31.4 Å². The van der Waals surface area contributed by atoms with Crippen LogP contribution in [0.4, 0.5) is 5.82 Å². The Bertz CT molecular complexity index is 731. The van der Waals surface area contributed by atoms with E-state index in [-0.39, 0.29) is 5.92 Å². The number of rotatable bonds is 4. The van der Waals surface area contributed by atoms with Crippen LogP contribution in [0, 0.1) is 0 Å². The topological polar surface area (TPSA) is 95.7 Å². The summed E-state index contributed by atoms with van der Waals surface area (Å²) in [4.78, 5) is 0. The van der Waals surface area contributed by atoms with E-state index in [2.05, 4.69) is 20.5 Å². The molecular weight excluding hydrogens is 268 g/mol. The van der Waals surface area contributed by atoms with Gasteiger partial charge in [0, 0.05) is 5.56 Å². The summed E-state index contributed by atoms with van der Waals surface area (Å²) in [6.07, 6.45) is 0. The van der Waals surface area contributed by atoms with E-state index in [0.29, 0.717) is 24.1 Å². The first-order chi connectivity index (χ1) is 10.1. The maximum absolute atomic E-state index is 5.83. The minimum Gasteiger partial charge on any atom is -0.419 e. The van der Waals surface area contributed by atoms with E-state index in [4.69, 9.17) is 10.2 Å². The second kappa shape index (κ2) is 5.35. The molecule has 2 heterocycles. The van der Waals surface area contributed by atoms with Crippen molar-refractivity contribution in [1.82, 2.24) is 25.2 Å². The summed E-state index contributed by atoms with van der Waals surface area (Å²) in [7, 11) is 0. The number of nitrogens with two attached hydrogens (primary N) is 1. The number of benzene rings is 1. The Labute approximate surface area is 121 Å². The van der Waals surface area contributed by atoms with Crippen LogP contribution in [0.3, 0.4) is 0 Å². The summed E-state index contributed by atoms with van der Waals surface area (Å²) >= 11 is 0. The highest BCUT2D eigenvalue weighted by molar-refractivity contribution is 5.51. The van der Waals surface area contributed by atoms with Gasteiger partial charge >= 0.3 is 0 Å². The number of aromatic nitrogens is 5. The van der Waals surface area contributed by atoms with Crippen molar-refractivity contribution in [3.05, 3.63) is 41.9 Å². The molecule has 21 heavy (non-hydrogen) atoms. The molecule has 7 heteroatoms. The van der Waals surface area contributed by atoms with Crippen LogP contribution < -0.4 is 5.73 Å². The van der Waals surface area contributed by atoms with Crippen molar-refractivity contribution in [3.63, 3.8) is 0 Å². The molecule has 0 atom stereocenters. The molecule has 0 bridgehead atoms. The molecule has 3 aromatic rings. The van der Waals surface area contributed by atoms with Crippen molar-refractivity contribution >= 4 is 5.82 Å². The number of nitrogens with zero attached hydrogens (tertiary/aromatic N) is 5. The molecule has 3 rings (SSSR count). The average Bonchev–Trinajstić information content (AvgIpc) is 3.07. The molecule has 0 fully saturated rings. The van der Waals surface area contributed by atoms with E-state index >= 15 is 0 Å². The Kier molecular flexibility index (Phi) is 3.39. The lowest BCUT2D eigenvalue weighted by molar-refractivity contribution is 0.459. The summed E-state index contributed by atoms with van der Waals surface area (Å²) < 4.78 is 7.36. The zero-order valence-electron chi connectivity index (χ0n) is 11.9. The number of nitrogen functional groups attached to an aromatic ring is 1. The fourth-order valence-corrected chi connectivity index (χ4v) is 2.19. The average molecular weight is 284 g/mol. The Balaban J connectivity index is 1.85. The van der Waals surface area contributed by atoms with Crippen molar-refractivity contribution in [2.24, 2.45) is 0 Å². The first-order valence-corrected chi connectivity index (χ1v) is 6.72. The summed E-state index contributed by atoms with van der Waals surface area (Å²) in [6.45, 7) is 4.43. The second-order valence-electron chi connectivity index (χ2n) is 5.04. The van der Waals surface area contributed by atoms with Crippen molar-refractivity contribution in [2.75, 3.05) is 5.73 Å². The first kappa shape index (κ1) is 13.3. The highest BCUT2D eigenvalue weighted by Crippen LogP contribution is 2.21. The predicted molar refractivity (Wildman–Crippen MR) is 77.4 cm³/mol. The second-order valence-corrected chi connectivity index (χ2v) is 5.04. The van der Waals surface area contributed by atoms with Gasteiger partial charge in [-0.3, -0.25) is 0 Å². The van der Waals surface area contributed by atoms with Crippen molar-refractivity contribution in [2.45, 2.75) is 26.3 Å². The molecule has 1 aromatic carbocycles. The van der Waals surface area contributed by atoms with Crippen LogP contribution in [0.25, 0.3) is 11.5 Å². The monoisotopic (exact) mass is 284 g/mol. The molecular formula is C14H16N6O. The van der Waals surface area contributed by atoms with Gasteiger partial charge in [-0.1, -0.05) is 37.3 Å². The largest absolute Gasteiger partial charge is 0.419 e. The molecule has 0 spiro atoms. The van der Waals surface area contributed by atoms with E-state index in [9.17, 15) is 0 Å². The third kappa shape index (κ3) is 2.62. The van der Waals surface area contributed by atoms with Crippen LogP contribution in [-0.4, -0.2) is 25.2 Å². The predicted octanol–water partition coefficient (Wildman–Crippen LogP) is 2.08. The SMILES string of the molecule is CC(C)c1c(N)nnn1Cc1nnc(-c2ccccc2)o1. The van der Waals surface area contributed by atoms with Crippen molar-refractivity contribution in [1.29, 1.82) is 0 Å².